The summed E-state index contributed by atoms with van der Waals surface area (Å²) in [7, 11) is 0. The van der Waals surface area contributed by atoms with Crippen LogP contribution in [0, 0.1) is 6.92 Å². The van der Waals surface area contributed by atoms with Gasteiger partial charge in [0.2, 0.25) is 0 Å². The Kier molecular flexibility index (Phi) is 7.02. The van der Waals surface area contributed by atoms with Crippen molar-refractivity contribution in [3.8, 4) is 5.75 Å². The second-order valence-corrected chi connectivity index (χ2v) is 8.20. The topological polar surface area (TPSA) is 90.8 Å². The zero-order valence-electron chi connectivity index (χ0n) is 15.8. The molecule has 0 atom stereocenters. The number of hydrogen-bond acceptors (Lipinski definition) is 4. The second-order valence-electron chi connectivity index (χ2n) is 6.43. The molecular formula is C22H17Br2N3O3. The lowest BCUT2D eigenvalue weighted by Gasteiger charge is -2.07. The number of benzene rings is 3. The second kappa shape index (κ2) is 9.69. The van der Waals surface area contributed by atoms with Crippen molar-refractivity contribution in [3.63, 3.8) is 0 Å². The highest BCUT2D eigenvalue weighted by atomic mass is 79.9. The van der Waals surface area contributed by atoms with Gasteiger partial charge in [0.15, 0.2) is 0 Å². The van der Waals surface area contributed by atoms with E-state index in [2.05, 4.69) is 47.7 Å². The van der Waals surface area contributed by atoms with Crippen LogP contribution in [0.25, 0.3) is 0 Å². The molecule has 3 aromatic carbocycles. The maximum atomic E-state index is 12.4. The quantitative estimate of drug-likeness (QED) is 0.311. The molecule has 3 rings (SSSR count). The molecule has 0 saturated carbocycles. The summed E-state index contributed by atoms with van der Waals surface area (Å²) < 4.78 is 1.25. The molecule has 30 heavy (non-hydrogen) atoms. The summed E-state index contributed by atoms with van der Waals surface area (Å²) in [5, 5.41) is 16.7. The number of hydrazone groups is 1. The van der Waals surface area contributed by atoms with Gasteiger partial charge in [-0.15, -0.1) is 0 Å². The molecule has 3 aromatic rings. The van der Waals surface area contributed by atoms with Crippen LogP contribution in [0.1, 0.15) is 31.8 Å². The van der Waals surface area contributed by atoms with Crippen LogP contribution in [0.3, 0.4) is 0 Å². The average Bonchev–Trinajstić information content (AvgIpc) is 2.72. The summed E-state index contributed by atoms with van der Waals surface area (Å²) >= 11 is 6.57. The van der Waals surface area contributed by atoms with Crippen molar-refractivity contribution in [1.29, 1.82) is 0 Å². The molecule has 0 spiro atoms. The number of phenolic OH excluding ortho intramolecular Hbond substituents is 1. The number of aryl methyl sites for hydroxylation is 1. The van der Waals surface area contributed by atoms with E-state index in [9.17, 15) is 14.7 Å². The Labute approximate surface area is 190 Å². The van der Waals surface area contributed by atoms with Crippen LogP contribution >= 0.6 is 31.9 Å². The van der Waals surface area contributed by atoms with E-state index in [0.717, 1.165) is 10.0 Å². The van der Waals surface area contributed by atoms with Crippen LogP contribution in [0.2, 0.25) is 0 Å². The number of anilines is 1. The molecule has 8 heteroatoms. The standard InChI is InChI=1S/C22H17Br2N3O3/c1-13-5-7-14(8-6-13)21(29)26-18-4-2-3-15(10-18)22(30)27-25-12-16-9-17(23)11-19(24)20(16)28/h2-12,28H,1H3,(H,26,29)(H,27,30)/b25-12-. The fourth-order valence-electron chi connectivity index (χ4n) is 2.56. The Morgan fingerprint density at radius 2 is 1.70 bits per heavy atom. The van der Waals surface area contributed by atoms with E-state index in [4.69, 9.17) is 0 Å². The lowest BCUT2D eigenvalue weighted by atomic mass is 10.1. The summed E-state index contributed by atoms with van der Waals surface area (Å²) in [4.78, 5) is 24.7. The Balaban J connectivity index is 1.67. The third-order valence-electron chi connectivity index (χ3n) is 4.12. The van der Waals surface area contributed by atoms with Crippen LogP contribution in [-0.4, -0.2) is 23.1 Å². The van der Waals surface area contributed by atoms with Crippen LogP contribution in [-0.2, 0) is 0 Å². The summed E-state index contributed by atoms with van der Waals surface area (Å²) in [5.74, 6) is -0.704. The van der Waals surface area contributed by atoms with Crippen molar-refractivity contribution in [2.45, 2.75) is 6.92 Å². The molecule has 0 fully saturated rings. The van der Waals surface area contributed by atoms with Gasteiger partial charge in [-0.3, -0.25) is 9.59 Å². The lowest BCUT2D eigenvalue weighted by Crippen LogP contribution is -2.18. The number of rotatable bonds is 5. The molecule has 0 radical (unpaired) electrons. The van der Waals surface area contributed by atoms with Gasteiger partial charge in [0.1, 0.15) is 5.75 Å². The minimum absolute atomic E-state index is 0.0111. The SMILES string of the molecule is Cc1ccc(C(=O)Nc2cccc(C(=O)N/N=C\c3cc(Br)cc(Br)c3O)c2)cc1. The first-order valence-electron chi connectivity index (χ1n) is 8.83. The minimum Gasteiger partial charge on any atom is -0.506 e. The number of phenols is 1. The fraction of sp³-hybridized carbons (Fsp3) is 0.0455. The Hall–Kier alpha value is -2.97. The van der Waals surface area contributed by atoms with Gasteiger partial charge in [-0.1, -0.05) is 39.7 Å². The maximum absolute atomic E-state index is 12.4. The molecule has 0 heterocycles. The smallest absolute Gasteiger partial charge is 0.271 e. The van der Waals surface area contributed by atoms with Crippen LogP contribution in [0.4, 0.5) is 5.69 Å². The Morgan fingerprint density at radius 1 is 0.967 bits per heavy atom. The largest absolute Gasteiger partial charge is 0.506 e. The first-order chi connectivity index (χ1) is 14.3. The number of hydrogen-bond donors (Lipinski definition) is 3. The zero-order valence-corrected chi connectivity index (χ0v) is 19.0. The molecule has 0 aromatic heterocycles. The Morgan fingerprint density at radius 3 is 2.43 bits per heavy atom. The van der Waals surface area contributed by atoms with E-state index in [-0.39, 0.29) is 11.7 Å². The van der Waals surface area contributed by atoms with Gasteiger partial charge in [-0.05, 0) is 65.3 Å². The van der Waals surface area contributed by atoms with Gasteiger partial charge in [-0.2, -0.15) is 5.10 Å². The van der Waals surface area contributed by atoms with Crippen molar-refractivity contribution in [1.82, 2.24) is 5.43 Å². The highest BCUT2D eigenvalue weighted by Crippen LogP contribution is 2.30. The number of halogens is 2. The average molecular weight is 531 g/mol. The summed E-state index contributed by atoms with van der Waals surface area (Å²) in [6.07, 6.45) is 1.34. The van der Waals surface area contributed by atoms with Gasteiger partial charge in [-0.25, -0.2) is 5.43 Å². The van der Waals surface area contributed by atoms with Crippen LogP contribution < -0.4 is 10.7 Å². The van der Waals surface area contributed by atoms with Gasteiger partial charge in [0, 0.05) is 26.9 Å². The Bertz CT molecular complexity index is 1130. The van der Waals surface area contributed by atoms with Gasteiger partial charge >= 0.3 is 0 Å². The van der Waals surface area contributed by atoms with Crippen molar-refractivity contribution in [2.24, 2.45) is 5.10 Å². The highest BCUT2D eigenvalue weighted by Gasteiger charge is 2.10. The van der Waals surface area contributed by atoms with E-state index < -0.39 is 5.91 Å². The molecule has 0 aliphatic rings. The van der Waals surface area contributed by atoms with E-state index in [0.29, 0.717) is 26.9 Å². The summed E-state index contributed by atoms with van der Waals surface area (Å²) in [6.45, 7) is 1.95. The zero-order chi connectivity index (χ0) is 21.7. The number of carbonyl (C=O) groups excluding carboxylic acids is 2. The minimum atomic E-state index is -0.453. The van der Waals surface area contributed by atoms with Crippen molar-refractivity contribution in [2.75, 3.05) is 5.32 Å². The normalized spacial score (nSPS) is 10.8. The molecule has 3 N–H and O–H groups in total. The number of aromatic hydroxyl groups is 1. The van der Waals surface area contributed by atoms with Crippen molar-refractivity contribution < 1.29 is 14.7 Å². The molecule has 152 valence electrons. The first kappa shape index (κ1) is 21.7. The van der Waals surface area contributed by atoms with Gasteiger partial charge < -0.3 is 10.4 Å². The van der Waals surface area contributed by atoms with Gasteiger partial charge in [0.05, 0.1) is 10.7 Å². The van der Waals surface area contributed by atoms with Crippen LogP contribution in [0.5, 0.6) is 5.75 Å². The highest BCUT2D eigenvalue weighted by molar-refractivity contribution is 9.11. The monoisotopic (exact) mass is 529 g/mol. The van der Waals surface area contributed by atoms with E-state index in [1.54, 1.807) is 48.5 Å². The van der Waals surface area contributed by atoms with E-state index in [1.807, 2.05) is 19.1 Å². The molecule has 0 aliphatic carbocycles. The fourth-order valence-corrected chi connectivity index (χ4v) is 3.81. The van der Waals surface area contributed by atoms with E-state index >= 15 is 0 Å². The molecule has 6 nitrogen and oxygen atoms in total. The summed E-state index contributed by atoms with van der Waals surface area (Å²) in [6, 6.07) is 17.1. The molecular weight excluding hydrogens is 514 g/mol. The predicted octanol–water partition coefficient (Wildman–Crippen LogP) is 5.24. The third kappa shape index (κ3) is 5.55. The van der Waals surface area contributed by atoms with Crippen LogP contribution in [0.15, 0.2) is 74.7 Å². The van der Waals surface area contributed by atoms with Crippen molar-refractivity contribution in [3.05, 3.63) is 91.9 Å². The van der Waals surface area contributed by atoms with Crippen molar-refractivity contribution >= 4 is 55.6 Å². The summed E-state index contributed by atoms with van der Waals surface area (Å²) in [5.41, 5.74) is 5.25. The number of nitrogens with one attached hydrogen (secondary N) is 2. The number of amides is 2. The number of nitrogens with zero attached hydrogens (tertiary/aromatic N) is 1. The van der Waals surface area contributed by atoms with Gasteiger partial charge in [0.25, 0.3) is 11.8 Å². The first-order valence-corrected chi connectivity index (χ1v) is 10.4. The molecule has 2 amide bonds. The van der Waals surface area contributed by atoms with E-state index in [1.165, 1.54) is 6.21 Å². The maximum Gasteiger partial charge on any atom is 0.271 e. The predicted molar refractivity (Wildman–Crippen MR) is 124 cm³/mol. The molecule has 0 bridgehead atoms. The third-order valence-corrected chi connectivity index (χ3v) is 5.19. The number of carbonyl (C=O) groups is 2. The molecule has 0 saturated heterocycles. The molecule has 0 aliphatic heterocycles. The lowest BCUT2D eigenvalue weighted by molar-refractivity contribution is 0.0953. The molecule has 0 unspecified atom stereocenters.